The molecule has 0 spiro atoms. The van der Waals surface area contributed by atoms with Crippen LogP contribution in [0.2, 0.25) is 0 Å². The Balaban J connectivity index is 2.14. The Morgan fingerprint density at radius 3 is 2.17 bits per heavy atom. The SMILES string of the molecule is CC1(N)CN(C(=O)c2ccc(S(C)(=O)=O)cc2)C1. The summed E-state index contributed by atoms with van der Waals surface area (Å²) in [5.41, 5.74) is 6.02. The van der Waals surface area contributed by atoms with E-state index in [0.29, 0.717) is 18.7 Å². The zero-order chi connectivity index (χ0) is 13.6. The van der Waals surface area contributed by atoms with Crippen molar-refractivity contribution in [2.75, 3.05) is 19.3 Å². The van der Waals surface area contributed by atoms with Gasteiger partial charge in [-0.3, -0.25) is 4.79 Å². The van der Waals surface area contributed by atoms with E-state index in [1.807, 2.05) is 6.92 Å². The van der Waals surface area contributed by atoms with Crippen molar-refractivity contribution in [3.63, 3.8) is 0 Å². The predicted octanol–water partition coefficient (Wildman–Crippen LogP) is 0.263. The van der Waals surface area contributed by atoms with E-state index in [-0.39, 0.29) is 16.3 Å². The van der Waals surface area contributed by atoms with Gasteiger partial charge in [-0.15, -0.1) is 0 Å². The van der Waals surface area contributed by atoms with E-state index in [1.54, 1.807) is 4.90 Å². The first-order valence-electron chi connectivity index (χ1n) is 5.57. The summed E-state index contributed by atoms with van der Waals surface area (Å²) in [4.78, 5) is 13.9. The van der Waals surface area contributed by atoms with Crippen molar-refractivity contribution in [3.8, 4) is 0 Å². The minimum absolute atomic E-state index is 0.113. The van der Waals surface area contributed by atoms with E-state index in [2.05, 4.69) is 0 Å². The third kappa shape index (κ3) is 2.54. The lowest BCUT2D eigenvalue weighted by Crippen LogP contribution is -2.66. The molecule has 18 heavy (non-hydrogen) atoms. The van der Waals surface area contributed by atoms with Crippen molar-refractivity contribution >= 4 is 15.7 Å². The van der Waals surface area contributed by atoms with Crippen LogP contribution in [0.4, 0.5) is 0 Å². The second kappa shape index (κ2) is 4.07. The summed E-state index contributed by atoms with van der Waals surface area (Å²) in [6, 6.07) is 5.96. The number of nitrogens with zero attached hydrogens (tertiary/aromatic N) is 1. The van der Waals surface area contributed by atoms with Crippen LogP contribution < -0.4 is 5.73 Å². The topological polar surface area (TPSA) is 80.5 Å². The third-order valence-corrected chi connectivity index (χ3v) is 4.05. The molecule has 5 nitrogen and oxygen atoms in total. The summed E-state index contributed by atoms with van der Waals surface area (Å²) < 4.78 is 22.6. The Kier molecular flexibility index (Phi) is 2.95. The van der Waals surface area contributed by atoms with Crippen LogP contribution >= 0.6 is 0 Å². The van der Waals surface area contributed by atoms with Gasteiger partial charge < -0.3 is 10.6 Å². The van der Waals surface area contributed by atoms with Crippen LogP contribution in [0.15, 0.2) is 29.2 Å². The van der Waals surface area contributed by atoms with Gasteiger partial charge in [0.1, 0.15) is 0 Å². The predicted molar refractivity (Wildman–Crippen MR) is 68.0 cm³/mol. The first-order chi connectivity index (χ1) is 8.19. The van der Waals surface area contributed by atoms with E-state index in [1.165, 1.54) is 24.3 Å². The highest BCUT2D eigenvalue weighted by Gasteiger charge is 2.38. The number of rotatable bonds is 2. The van der Waals surface area contributed by atoms with Crippen LogP contribution in [-0.4, -0.2) is 44.1 Å². The van der Waals surface area contributed by atoms with E-state index in [0.717, 1.165) is 6.26 Å². The average molecular weight is 268 g/mol. The standard InChI is InChI=1S/C12H16N2O3S/c1-12(13)7-14(8-12)11(15)9-3-5-10(6-4-9)18(2,16)17/h3-6H,7-8,13H2,1-2H3. The Hall–Kier alpha value is -1.40. The molecule has 1 aromatic carbocycles. The molecule has 0 radical (unpaired) electrons. The van der Waals surface area contributed by atoms with Gasteiger partial charge in [0.05, 0.1) is 4.90 Å². The molecule has 1 aliphatic rings. The second-order valence-electron chi connectivity index (χ2n) is 5.11. The first kappa shape index (κ1) is 13.0. The highest BCUT2D eigenvalue weighted by Crippen LogP contribution is 2.20. The maximum Gasteiger partial charge on any atom is 0.253 e. The maximum absolute atomic E-state index is 12.0. The lowest BCUT2D eigenvalue weighted by atomic mass is 9.93. The van der Waals surface area contributed by atoms with Gasteiger partial charge in [-0.25, -0.2) is 8.42 Å². The summed E-state index contributed by atoms with van der Waals surface area (Å²) in [5, 5.41) is 0. The molecule has 0 atom stereocenters. The van der Waals surface area contributed by atoms with Crippen molar-refractivity contribution in [1.29, 1.82) is 0 Å². The Morgan fingerprint density at radius 2 is 1.78 bits per heavy atom. The smallest absolute Gasteiger partial charge is 0.253 e. The van der Waals surface area contributed by atoms with Crippen molar-refractivity contribution in [2.45, 2.75) is 17.4 Å². The zero-order valence-corrected chi connectivity index (χ0v) is 11.2. The molecule has 0 saturated carbocycles. The molecular weight excluding hydrogens is 252 g/mol. The van der Waals surface area contributed by atoms with Gasteiger partial charge in [-0.1, -0.05) is 0 Å². The Morgan fingerprint density at radius 1 is 1.28 bits per heavy atom. The molecule has 1 aromatic rings. The van der Waals surface area contributed by atoms with Gasteiger partial charge in [0.25, 0.3) is 5.91 Å². The van der Waals surface area contributed by atoms with Gasteiger partial charge >= 0.3 is 0 Å². The van der Waals surface area contributed by atoms with E-state index < -0.39 is 9.84 Å². The summed E-state index contributed by atoms with van der Waals surface area (Å²) in [6.07, 6.45) is 1.14. The molecule has 2 rings (SSSR count). The minimum Gasteiger partial charge on any atom is -0.335 e. The fourth-order valence-corrected chi connectivity index (χ4v) is 2.63. The first-order valence-corrected chi connectivity index (χ1v) is 7.46. The normalized spacial score (nSPS) is 18.3. The molecule has 6 heteroatoms. The van der Waals surface area contributed by atoms with E-state index >= 15 is 0 Å². The van der Waals surface area contributed by atoms with Gasteiger partial charge in [-0.2, -0.15) is 0 Å². The Bertz CT molecular complexity index is 568. The van der Waals surface area contributed by atoms with Crippen LogP contribution in [0.25, 0.3) is 0 Å². The van der Waals surface area contributed by atoms with Crippen molar-refractivity contribution in [2.24, 2.45) is 5.73 Å². The quantitative estimate of drug-likeness (QED) is 0.834. The van der Waals surface area contributed by atoms with Crippen LogP contribution in [0.1, 0.15) is 17.3 Å². The van der Waals surface area contributed by atoms with Crippen LogP contribution in [0.3, 0.4) is 0 Å². The number of carbonyl (C=O) groups is 1. The molecule has 1 amide bonds. The largest absolute Gasteiger partial charge is 0.335 e. The summed E-state index contributed by atoms with van der Waals surface area (Å²) in [5.74, 6) is -0.113. The number of hydrogen-bond acceptors (Lipinski definition) is 4. The average Bonchev–Trinajstić information content (AvgIpc) is 2.24. The van der Waals surface area contributed by atoms with E-state index in [9.17, 15) is 13.2 Å². The lowest BCUT2D eigenvalue weighted by Gasteiger charge is -2.45. The summed E-state index contributed by atoms with van der Waals surface area (Å²) in [6.45, 7) is 2.95. The number of hydrogen-bond donors (Lipinski definition) is 1. The Labute approximate surface area is 107 Å². The number of amides is 1. The molecule has 0 unspecified atom stereocenters. The number of sulfone groups is 1. The molecule has 0 bridgehead atoms. The molecule has 1 heterocycles. The molecule has 1 saturated heterocycles. The van der Waals surface area contributed by atoms with Crippen LogP contribution in [0.5, 0.6) is 0 Å². The van der Waals surface area contributed by atoms with Gasteiger partial charge in [-0.05, 0) is 31.2 Å². The van der Waals surface area contributed by atoms with Gasteiger partial charge in [0.15, 0.2) is 9.84 Å². The van der Waals surface area contributed by atoms with Crippen LogP contribution in [0, 0.1) is 0 Å². The number of carbonyl (C=O) groups excluding carboxylic acids is 1. The molecule has 0 aliphatic carbocycles. The molecule has 0 aromatic heterocycles. The van der Waals surface area contributed by atoms with Gasteiger partial charge in [0, 0.05) is 30.4 Å². The zero-order valence-electron chi connectivity index (χ0n) is 10.4. The number of nitrogens with two attached hydrogens (primary N) is 1. The molecule has 2 N–H and O–H groups in total. The van der Waals surface area contributed by atoms with Gasteiger partial charge in [0.2, 0.25) is 0 Å². The molecule has 1 aliphatic heterocycles. The molecule has 98 valence electrons. The van der Waals surface area contributed by atoms with Crippen molar-refractivity contribution < 1.29 is 13.2 Å². The lowest BCUT2D eigenvalue weighted by molar-refractivity contribution is 0.0453. The number of likely N-dealkylation sites (tertiary alicyclic amines) is 1. The third-order valence-electron chi connectivity index (χ3n) is 2.92. The van der Waals surface area contributed by atoms with Crippen molar-refractivity contribution in [3.05, 3.63) is 29.8 Å². The second-order valence-corrected chi connectivity index (χ2v) is 7.13. The van der Waals surface area contributed by atoms with Crippen LogP contribution in [-0.2, 0) is 9.84 Å². The fraction of sp³-hybridized carbons (Fsp3) is 0.417. The van der Waals surface area contributed by atoms with Crippen molar-refractivity contribution in [1.82, 2.24) is 4.90 Å². The minimum atomic E-state index is -3.22. The molecule has 1 fully saturated rings. The van der Waals surface area contributed by atoms with E-state index in [4.69, 9.17) is 5.73 Å². The fourth-order valence-electron chi connectivity index (χ4n) is 2.00. The number of benzene rings is 1. The highest BCUT2D eigenvalue weighted by atomic mass is 32.2. The summed E-state index contributed by atoms with van der Waals surface area (Å²) in [7, 11) is -3.22. The summed E-state index contributed by atoms with van der Waals surface area (Å²) >= 11 is 0. The maximum atomic E-state index is 12.0. The molecular formula is C12H16N2O3S. The highest BCUT2D eigenvalue weighted by molar-refractivity contribution is 7.90. The monoisotopic (exact) mass is 268 g/mol.